The van der Waals surface area contributed by atoms with E-state index in [2.05, 4.69) is 36.0 Å². The van der Waals surface area contributed by atoms with Gasteiger partial charge in [-0.25, -0.2) is 4.98 Å². The van der Waals surface area contributed by atoms with Crippen molar-refractivity contribution in [1.82, 2.24) is 9.55 Å². The fourth-order valence-corrected chi connectivity index (χ4v) is 4.69. The van der Waals surface area contributed by atoms with Crippen molar-refractivity contribution < 1.29 is 4.79 Å². The van der Waals surface area contributed by atoms with Crippen molar-refractivity contribution in [2.75, 3.05) is 0 Å². The van der Waals surface area contributed by atoms with Gasteiger partial charge < -0.3 is 4.57 Å². The largest absolute Gasteiger partial charge is 0.319 e. The standard InChI is InChI=1S/C18H15N3OS2/c1-10-4-5-11(2)16-15(10)21(3)18(24-16)20-17(22)12-6-7-13-14(8-12)23-9-19-13/h4-9H,1-3H3. The molecule has 4 rings (SSSR count). The van der Waals surface area contributed by atoms with Crippen LogP contribution in [-0.2, 0) is 7.05 Å². The maximum Gasteiger partial charge on any atom is 0.279 e. The fraction of sp³-hybridized carbons (Fsp3) is 0.167. The third kappa shape index (κ3) is 2.39. The number of hydrogen-bond acceptors (Lipinski definition) is 4. The van der Waals surface area contributed by atoms with Crippen molar-refractivity contribution in [3.8, 4) is 0 Å². The number of hydrogen-bond donors (Lipinski definition) is 0. The summed E-state index contributed by atoms with van der Waals surface area (Å²) in [6.45, 7) is 4.17. The van der Waals surface area contributed by atoms with Crippen LogP contribution in [0.15, 0.2) is 40.8 Å². The zero-order valence-electron chi connectivity index (χ0n) is 13.5. The number of aryl methyl sites for hydroxylation is 3. The first kappa shape index (κ1) is 15.2. The van der Waals surface area contributed by atoms with Crippen molar-refractivity contribution in [2.24, 2.45) is 12.0 Å². The van der Waals surface area contributed by atoms with Crippen LogP contribution in [0.1, 0.15) is 21.5 Å². The summed E-state index contributed by atoms with van der Waals surface area (Å²) >= 11 is 3.09. The van der Waals surface area contributed by atoms with Crippen LogP contribution < -0.4 is 4.80 Å². The molecule has 0 radical (unpaired) electrons. The van der Waals surface area contributed by atoms with Crippen LogP contribution >= 0.6 is 22.7 Å². The molecular weight excluding hydrogens is 338 g/mol. The van der Waals surface area contributed by atoms with Gasteiger partial charge in [0.05, 0.1) is 25.9 Å². The molecule has 0 saturated heterocycles. The lowest BCUT2D eigenvalue weighted by Gasteiger charge is -2.01. The Morgan fingerprint density at radius 1 is 1.17 bits per heavy atom. The van der Waals surface area contributed by atoms with E-state index in [1.54, 1.807) is 22.9 Å². The van der Waals surface area contributed by atoms with Crippen LogP contribution in [0, 0.1) is 13.8 Å². The van der Waals surface area contributed by atoms with Crippen LogP contribution in [0.4, 0.5) is 0 Å². The maximum atomic E-state index is 12.6. The highest BCUT2D eigenvalue weighted by atomic mass is 32.1. The van der Waals surface area contributed by atoms with E-state index in [9.17, 15) is 4.79 Å². The zero-order chi connectivity index (χ0) is 16.8. The number of nitrogens with zero attached hydrogens (tertiary/aromatic N) is 3. The molecule has 0 aliphatic rings. The Bertz CT molecular complexity index is 1160. The Hall–Kier alpha value is -2.31. The molecule has 1 amide bonds. The Balaban J connectivity index is 1.87. The molecule has 0 saturated carbocycles. The summed E-state index contributed by atoms with van der Waals surface area (Å²) in [4.78, 5) is 21.9. The first-order valence-electron chi connectivity index (χ1n) is 7.52. The summed E-state index contributed by atoms with van der Waals surface area (Å²) in [5, 5.41) is 0. The molecule has 0 aliphatic carbocycles. The number of rotatable bonds is 1. The van der Waals surface area contributed by atoms with E-state index in [1.165, 1.54) is 27.2 Å². The molecule has 0 N–H and O–H groups in total. The van der Waals surface area contributed by atoms with Gasteiger partial charge in [-0.05, 0) is 43.2 Å². The summed E-state index contributed by atoms with van der Waals surface area (Å²) in [6, 6.07) is 9.74. The van der Waals surface area contributed by atoms with Crippen molar-refractivity contribution in [2.45, 2.75) is 13.8 Å². The lowest BCUT2D eigenvalue weighted by Crippen LogP contribution is -2.13. The van der Waals surface area contributed by atoms with Gasteiger partial charge in [-0.1, -0.05) is 23.5 Å². The van der Waals surface area contributed by atoms with Crippen LogP contribution in [0.2, 0.25) is 0 Å². The van der Waals surface area contributed by atoms with Gasteiger partial charge in [0, 0.05) is 12.6 Å². The van der Waals surface area contributed by atoms with Crippen LogP contribution in [0.25, 0.3) is 20.4 Å². The lowest BCUT2D eigenvalue weighted by molar-refractivity contribution is 0.0998. The minimum atomic E-state index is -0.220. The first-order valence-corrected chi connectivity index (χ1v) is 9.22. The number of amides is 1. The quantitative estimate of drug-likeness (QED) is 0.515. The minimum absolute atomic E-state index is 0.220. The summed E-state index contributed by atoms with van der Waals surface area (Å²) in [5.41, 5.74) is 6.83. The van der Waals surface area contributed by atoms with E-state index in [4.69, 9.17) is 0 Å². The van der Waals surface area contributed by atoms with E-state index < -0.39 is 0 Å². The molecule has 0 unspecified atom stereocenters. The molecule has 24 heavy (non-hydrogen) atoms. The zero-order valence-corrected chi connectivity index (χ0v) is 15.2. The molecule has 0 bridgehead atoms. The van der Waals surface area contributed by atoms with E-state index in [0.29, 0.717) is 5.56 Å². The predicted octanol–water partition coefficient (Wildman–Crippen LogP) is 4.21. The monoisotopic (exact) mass is 353 g/mol. The Morgan fingerprint density at radius 2 is 1.96 bits per heavy atom. The molecule has 0 atom stereocenters. The molecular formula is C18H15N3OS2. The molecule has 0 fully saturated rings. The molecule has 2 aromatic carbocycles. The third-order valence-electron chi connectivity index (χ3n) is 4.12. The molecule has 4 aromatic rings. The predicted molar refractivity (Wildman–Crippen MR) is 99.8 cm³/mol. The summed E-state index contributed by atoms with van der Waals surface area (Å²) < 4.78 is 4.19. The van der Waals surface area contributed by atoms with Crippen molar-refractivity contribution in [3.05, 3.63) is 57.3 Å². The minimum Gasteiger partial charge on any atom is -0.319 e. The highest BCUT2D eigenvalue weighted by molar-refractivity contribution is 7.17. The van der Waals surface area contributed by atoms with Crippen LogP contribution in [0.3, 0.4) is 0 Å². The average molecular weight is 353 g/mol. The number of aromatic nitrogens is 2. The summed E-state index contributed by atoms with van der Waals surface area (Å²) in [7, 11) is 1.96. The van der Waals surface area contributed by atoms with E-state index in [-0.39, 0.29) is 5.91 Å². The second kappa shape index (κ2) is 5.65. The SMILES string of the molecule is Cc1ccc(C)c2c1sc(=NC(=O)c1ccc3ncsc3c1)n2C. The van der Waals surface area contributed by atoms with Gasteiger partial charge in [-0.15, -0.1) is 11.3 Å². The average Bonchev–Trinajstić information content (AvgIpc) is 3.16. The number of fused-ring (bicyclic) bond motifs is 2. The van der Waals surface area contributed by atoms with Gasteiger partial charge in [0.2, 0.25) is 0 Å². The molecule has 2 aromatic heterocycles. The number of benzene rings is 2. The summed E-state index contributed by atoms with van der Waals surface area (Å²) in [5.74, 6) is -0.220. The maximum absolute atomic E-state index is 12.6. The van der Waals surface area contributed by atoms with Crippen molar-refractivity contribution in [1.29, 1.82) is 0 Å². The number of carbonyl (C=O) groups excluding carboxylic acids is 1. The Labute approximate surface area is 146 Å². The van der Waals surface area contributed by atoms with Crippen molar-refractivity contribution >= 4 is 49.0 Å². The second-order valence-electron chi connectivity index (χ2n) is 5.77. The smallest absolute Gasteiger partial charge is 0.279 e. The van der Waals surface area contributed by atoms with Crippen molar-refractivity contribution in [3.63, 3.8) is 0 Å². The van der Waals surface area contributed by atoms with Gasteiger partial charge in [-0.2, -0.15) is 4.99 Å². The molecule has 2 heterocycles. The van der Waals surface area contributed by atoms with Gasteiger partial charge in [0.25, 0.3) is 5.91 Å². The third-order valence-corrected chi connectivity index (χ3v) is 6.18. The van der Waals surface area contributed by atoms with E-state index in [0.717, 1.165) is 20.5 Å². The van der Waals surface area contributed by atoms with Gasteiger partial charge >= 0.3 is 0 Å². The number of carbonyl (C=O) groups is 1. The highest BCUT2D eigenvalue weighted by Crippen LogP contribution is 2.24. The first-order chi connectivity index (χ1) is 11.5. The van der Waals surface area contributed by atoms with Gasteiger partial charge in [0.1, 0.15) is 0 Å². The topological polar surface area (TPSA) is 47.2 Å². The van der Waals surface area contributed by atoms with E-state index in [1.807, 2.05) is 23.7 Å². The fourth-order valence-electron chi connectivity index (χ4n) is 2.81. The van der Waals surface area contributed by atoms with Crippen LogP contribution in [0.5, 0.6) is 0 Å². The molecule has 0 aliphatic heterocycles. The van der Waals surface area contributed by atoms with Crippen LogP contribution in [-0.4, -0.2) is 15.5 Å². The highest BCUT2D eigenvalue weighted by Gasteiger charge is 2.11. The number of thiazole rings is 2. The summed E-state index contributed by atoms with van der Waals surface area (Å²) in [6.07, 6.45) is 0. The molecule has 6 heteroatoms. The van der Waals surface area contributed by atoms with Gasteiger partial charge in [-0.3, -0.25) is 4.79 Å². The molecule has 120 valence electrons. The second-order valence-corrected chi connectivity index (χ2v) is 7.64. The van der Waals surface area contributed by atoms with E-state index >= 15 is 0 Å². The molecule has 4 nitrogen and oxygen atoms in total. The lowest BCUT2D eigenvalue weighted by atomic mass is 10.1. The normalized spacial score (nSPS) is 12.4. The van der Waals surface area contributed by atoms with Gasteiger partial charge in [0.15, 0.2) is 4.80 Å². The Kier molecular flexibility index (Phi) is 3.58. The molecule has 0 spiro atoms. The Morgan fingerprint density at radius 3 is 2.75 bits per heavy atom.